The quantitative estimate of drug-likeness (QED) is 0.655. The van der Waals surface area contributed by atoms with Crippen molar-refractivity contribution in [3.8, 4) is 22.8 Å². The normalized spacial score (nSPS) is 10.5. The van der Waals surface area contributed by atoms with E-state index in [-0.39, 0.29) is 0 Å². The molecule has 0 radical (unpaired) electrons. The van der Waals surface area contributed by atoms with Gasteiger partial charge in [-0.2, -0.15) is 0 Å². The van der Waals surface area contributed by atoms with Crippen molar-refractivity contribution in [3.05, 3.63) is 63.9 Å². The third-order valence-corrected chi connectivity index (χ3v) is 4.26. The number of nitrogens with zero attached hydrogens (tertiary/aromatic N) is 1. The van der Waals surface area contributed by atoms with E-state index in [1.54, 1.807) is 18.4 Å². The minimum atomic E-state index is 0.419. The Hall–Kier alpha value is -2.04. The van der Waals surface area contributed by atoms with Gasteiger partial charge in [-0.3, -0.25) is 0 Å². The number of rotatable bonds is 5. The summed E-state index contributed by atoms with van der Waals surface area (Å²) in [4.78, 5) is 4.58. The minimum absolute atomic E-state index is 0.419. The summed E-state index contributed by atoms with van der Waals surface area (Å²) in [5.41, 5.74) is 1.81. The molecule has 0 bridgehead atoms. The highest BCUT2D eigenvalue weighted by molar-refractivity contribution is 7.09. The Balaban J connectivity index is 1.71. The van der Waals surface area contributed by atoms with Crippen LogP contribution < -0.4 is 9.47 Å². The summed E-state index contributed by atoms with van der Waals surface area (Å²) in [5.74, 6) is 1.53. The average Bonchev–Trinajstić information content (AvgIpc) is 3.02. The van der Waals surface area contributed by atoms with Gasteiger partial charge in [0.05, 0.1) is 12.8 Å². The number of hydrogen-bond acceptors (Lipinski definition) is 4. The average molecular weight is 332 g/mol. The molecule has 3 aromatic rings. The topological polar surface area (TPSA) is 31.4 Å². The van der Waals surface area contributed by atoms with Crippen LogP contribution in [0.1, 0.15) is 5.01 Å². The molecule has 2 aromatic carbocycles. The van der Waals surface area contributed by atoms with Crippen molar-refractivity contribution in [3.63, 3.8) is 0 Å². The predicted octanol–water partition coefficient (Wildman–Crippen LogP) is 5.05. The molecule has 112 valence electrons. The van der Waals surface area contributed by atoms with Crippen molar-refractivity contribution in [1.29, 1.82) is 0 Å². The molecule has 1 heterocycles. The van der Waals surface area contributed by atoms with Gasteiger partial charge in [0.25, 0.3) is 0 Å². The molecule has 0 amide bonds. The first kappa shape index (κ1) is 14.9. The highest BCUT2D eigenvalue weighted by Crippen LogP contribution is 2.29. The fourth-order valence-electron chi connectivity index (χ4n) is 2.01. The lowest BCUT2D eigenvalue weighted by Gasteiger charge is -2.05. The summed E-state index contributed by atoms with van der Waals surface area (Å²) in [6.45, 7) is 0.419. The maximum absolute atomic E-state index is 6.19. The zero-order valence-corrected chi connectivity index (χ0v) is 13.5. The molecule has 0 saturated carbocycles. The van der Waals surface area contributed by atoms with E-state index >= 15 is 0 Å². The van der Waals surface area contributed by atoms with Gasteiger partial charge in [0.15, 0.2) is 0 Å². The summed E-state index contributed by atoms with van der Waals surface area (Å²) in [5, 5.41) is 3.59. The first-order valence-corrected chi connectivity index (χ1v) is 7.98. The molecule has 3 nitrogen and oxygen atoms in total. The number of methoxy groups -OCH3 is 1. The van der Waals surface area contributed by atoms with E-state index in [0.29, 0.717) is 11.6 Å². The molecule has 0 aliphatic carbocycles. The number of halogens is 1. The molecule has 0 aliphatic heterocycles. The molecule has 0 fully saturated rings. The Morgan fingerprint density at radius 3 is 2.73 bits per heavy atom. The fraction of sp³-hybridized carbons (Fsp3) is 0.118. The van der Waals surface area contributed by atoms with Crippen LogP contribution in [0.4, 0.5) is 0 Å². The van der Waals surface area contributed by atoms with Gasteiger partial charge in [0.1, 0.15) is 23.1 Å². The van der Waals surface area contributed by atoms with Gasteiger partial charge >= 0.3 is 0 Å². The summed E-state index contributed by atoms with van der Waals surface area (Å²) in [6, 6.07) is 15.2. The predicted molar refractivity (Wildman–Crippen MR) is 89.9 cm³/mol. The van der Waals surface area contributed by atoms with Crippen molar-refractivity contribution < 1.29 is 9.47 Å². The van der Waals surface area contributed by atoms with Crippen LogP contribution in [-0.2, 0) is 6.61 Å². The van der Waals surface area contributed by atoms with Gasteiger partial charge in [-0.1, -0.05) is 35.9 Å². The van der Waals surface area contributed by atoms with E-state index in [1.807, 2.05) is 53.9 Å². The van der Waals surface area contributed by atoms with E-state index in [1.165, 1.54) is 0 Å². The molecular weight excluding hydrogens is 318 g/mol. The van der Waals surface area contributed by atoms with Crippen molar-refractivity contribution in [1.82, 2.24) is 4.98 Å². The van der Waals surface area contributed by atoms with E-state index in [4.69, 9.17) is 21.1 Å². The molecule has 1 aromatic heterocycles. The maximum atomic E-state index is 6.19. The first-order chi connectivity index (χ1) is 10.8. The Morgan fingerprint density at radius 1 is 1.09 bits per heavy atom. The van der Waals surface area contributed by atoms with Crippen LogP contribution >= 0.6 is 22.9 Å². The summed E-state index contributed by atoms with van der Waals surface area (Å²) in [7, 11) is 1.63. The number of thiazole rings is 1. The standard InChI is InChI=1S/C17H14ClNO2S/c1-20-12-5-4-6-13(9-12)21-10-17-19-16(11-22-17)14-7-2-3-8-15(14)18/h2-9,11H,10H2,1H3. The third-order valence-electron chi connectivity index (χ3n) is 3.11. The lowest BCUT2D eigenvalue weighted by molar-refractivity contribution is 0.303. The molecule has 0 unspecified atom stereocenters. The fourth-order valence-corrected chi connectivity index (χ4v) is 2.94. The third kappa shape index (κ3) is 3.40. The van der Waals surface area contributed by atoms with Crippen molar-refractivity contribution in [2.24, 2.45) is 0 Å². The molecule has 0 atom stereocenters. The van der Waals surface area contributed by atoms with Crippen molar-refractivity contribution in [2.45, 2.75) is 6.61 Å². The van der Waals surface area contributed by atoms with E-state index in [9.17, 15) is 0 Å². The largest absolute Gasteiger partial charge is 0.497 e. The molecule has 5 heteroatoms. The second-order valence-electron chi connectivity index (χ2n) is 4.57. The van der Waals surface area contributed by atoms with Gasteiger partial charge in [0.2, 0.25) is 0 Å². The summed E-state index contributed by atoms with van der Waals surface area (Å²) in [6.07, 6.45) is 0. The van der Waals surface area contributed by atoms with E-state index in [0.717, 1.165) is 27.8 Å². The summed E-state index contributed by atoms with van der Waals surface area (Å²) < 4.78 is 10.9. The van der Waals surface area contributed by atoms with Gasteiger partial charge in [-0.15, -0.1) is 11.3 Å². The number of benzene rings is 2. The van der Waals surface area contributed by atoms with Crippen LogP contribution in [0.15, 0.2) is 53.9 Å². The maximum Gasteiger partial charge on any atom is 0.140 e. The van der Waals surface area contributed by atoms with Gasteiger partial charge < -0.3 is 9.47 Å². The van der Waals surface area contributed by atoms with Crippen LogP contribution in [0.25, 0.3) is 11.3 Å². The van der Waals surface area contributed by atoms with Gasteiger partial charge in [-0.05, 0) is 18.2 Å². The van der Waals surface area contributed by atoms with E-state index < -0.39 is 0 Å². The number of hydrogen-bond donors (Lipinski definition) is 0. The minimum Gasteiger partial charge on any atom is -0.497 e. The smallest absolute Gasteiger partial charge is 0.140 e. The molecule has 3 rings (SSSR count). The Kier molecular flexibility index (Phi) is 4.61. The highest BCUT2D eigenvalue weighted by Gasteiger charge is 2.08. The lowest BCUT2D eigenvalue weighted by Crippen LogP contribution is -1.95. The Morgan fingerprint density at radius 2 is 1.91 bits per heavy atom. The van der Waals surface area contributed by atoms with Crippen molar-refractivity contribution in [2.75, 3.05) is 7.11 Å². The second-order valence-corrected chi connectivity index (χ2v) is 5.92. The van der Waals surface area contributed by atoms with Crippen LogP contribution in [0.3, 0.4) is 0 Å². The SMILES string of the molecule is COc1cccc(OCc2nc(-c3ccccc3Cl)cs2)c1. The van der Waals surface area contributed by atoms with Crippen LogP contribution in [0.2, 0.25) is 5.02 Å². The number of aromatic nitrogens is 1. The highest BCUT2D eigenvalue weighted by atomic mass is 35.5. The molecule has 22 heavy (non-hydrogen) atoms. The molecular formula is C17H14ClNO2S. The Labute approximate surface area is 138 Å². The van der Waals surface area contributed by atoms with Crippen LogP contribution in [0, 0.1) is 0 Å². The monoisotopic (exact) mass is 331 g/mol. The molecule has 0 aliphatic rings. The van der Waals surface area contributed by atoms with Gasteiger partial charge in [0, 0.05) is 22.0 Å². The lowest BCUT2D eigenvalue weighted by atomic mass is 10.2. The zero-order valence-electron chi connectivity index (χ0n) is 12.0. The van der Waals surface area contributed by atoms with Crippen LogP contribution in [0.5, 0.6) is 11.5 Å². The zero-order chi connectivity index (χ0) is 15.4. The number of ether oxygens (including phenoxy) is 2. The van der Waals surface area contributed by atoms with Gasteiger partial charge in [-0.25, -0.2) is 4.98 Å². The first-order valence-electron chi connectivity index (χ1n) is 6.72. The van der Waals surface area contributed by atoms with Crippen LogP contribution in [-0.4, -0.2) is 12.1 Å². The molecule has 0 spiro atoms. The Bertz CT molecular complexity index is 773. The van der Waals surface area contributed by atoms with E-state index in [2.05, 4.69) is 4.98 Å². The molecule has 0 saturated heterocycles. The molecule has 0 N–H and O–H groups in total. The second kappa shape index (κ2) is 6.81. The summed E-state index contributed by atoms with van der Waals surface area (Å²) >= 11 is 7.75. The van der Waals surface area contributed by atoms with Crippen molar-refractivity contribution >= 4 is 22.9 Å².